The summed E-state index contributed by atoms with van der Waals surface area (Å²) in [5, 5.41) is 4.65. The third-order valence-electron chi connectivity index (χ3n) is 3.16. The summed E-state index contributed by atoms with van der Waals surface area (Å²) in [5.41, 5.74) is 7.97. The Morgan fingerprint density at radius 3 is 1.65 bits per heavy atom. The summed E-state index contributed by atoms with van der Waals surface area (Å²) in [6, 6.07) is 0. The topological polar surface area (TPSA) is 48.8 Å². The van der Waals surface area contributed by atoms with E-state index in [0.29, 0.717) is 6.54 Å². The van der Waals surface area contributed by atoms with Gasteiger partial charge in [0.1, 0.15) is 0 Å². The van der Waals surface area contributed by atoms with Crippen molar-refractivity contribution >= 4 is 15.9 Å². The maximum atomic E-state index is 7.97. The summed E-state index contributed by atoms with van der Waals surface area (Å²) in [6.45, 7) is 5.13. The zero-order chi connectivity index (χ0) is 15.3. The van der Waals surface area contributed by atoms with Crippen molar-refractivity contribution in [2.45, 2.75) is 90.9 Å². The van der Waals surface area contributed by atoms with Gasteiger partial charge in [-0.25, -0.2) is 0 Å². The summed E-state index contributed by atoms with van der Waals surface area (Å²) >= 11 is 3.42. The van der Waals surface area contributed by atoms with Crippen molar-refractivity contribution in [2.75, 3.05) is 11.9 Å². The zero-order valence-corrected chi connectivity index (χ0v) is 15.2. The van der Waals surface area contributed by atoms with Crippen LogP contribution in [0.4, 0.5) is 0 Å². The minimum atomic E-state index is 0.669. The fraction of sp³-hybridized carbons (Fsp3) is 1.00. The van der Waals surface area contributed by atoms with Gasteiger partial charge in [0.05, 0.1) is 0 Å². The van der Waals surface area contributed by atoms with Gasteiger partial charge in [0, 0.05) is 16.8 Å². The molecule has 0 N–H and O–H groups in total. The number of hydrogen-bond acceptors (Lipinski definition) is 1. The summed E-state index contributed by atoms with van der Waals surface area (Å²) < 4.78 is 0. The first-order chi connectivity index (χ1) is 9.83. The molecule has 0 rings (SSSR count). The van der Waals surface area contributed by atoms with Gasteiger partial charge in [-0.15, -0.1) is 0 Å². The van der Waals surface area contributed by atoms with E-state index in [9.17, 15) is 0 Å². The molecule has 0 atom stereocenters. The van der Waals surface area contributed by atoms with E-state index in [4.69, 9.17) is 5.53 Å². The summed E-state index contributed by atoms with van der Waals surface area (Å²) in [6.07, 6.45) is 15.9. The smallest absolute Gasteiger partial charge is 0.0257 e. The molecule has 0 bridgehead atoms. The van der Waals surface area contributed by atoms with Crippen molar-refractivity contribution < 1.29 is 0 Å². The van der Waals surface area contributed by atoms with Gasteiger partial charge < -0.3 is 0 Å². The quantitative estimate of drug-likeness (QED) is 0.109. The van der Waals surface area contributed by atoms with Gasteiger partial charge in [-0.05, 0) is 18.4 Å². The van der Waals surface area contributed by atoms with Gasteiger partial charge in [0.15, 0.2) is 0 Å². The molecular weight excluding hydrogens is 314 g/mol. The maximum absolute atomic E-state index is 7.97. The maximum Gasteiger partial charge on any atom is 0.0257 e. The first-order valence-electron chi connectivity index (χ1n) is 8.40. The van der Waals surface area contributed by atoms with E-state index in [0.717, 1.165) is 6.42 Å². The number of azide groups is 1. The Balaban J connectivity index is 0. The van der Waals surface area contributed by atoms with Gasteiger partial charge in [0.2, 0.25) is 0 Å². The standard InChI is InChI=1S/C8H17Br.C8H17N3/c1-2-3-4-5-6-7-8-9;1-2-3-4-5-6-7-8-10-11-9/h2-8H2,1H3;2-8H2,1H3. The molecule has 0 aromatic carbocycles. The van der Waals surface area contributed by atoms with Crippen LogP contribution in [0.3, 0.4) is 0 Å². The molecule has 0 aliphatic rings. The third-order valence-corrected chi connectivity index (χ3v) is 3.72. The molecule has 0 heterocycles. The van der Waals surface area contributed by atoms with Crippen LogP contribution in [-0.2, 0) is 0 Å². The van der Waals surface area contributed by atoms with Crippen LogP contribution in [0.25, 0.3) is 10.4 Å². The second-order valence-electron chi connectivity index (χ2n) is 5.18. The highest BCUT2D eigenvalue weighted by molar-refractivity contribution is 9.09. The van der Waals surface area contributed by atoms with Crippen molar-refractivity contribution in [3.8, 4) is 0 Å². The largest absolute Gasteiger partial charge is 0.0940 e. The molecule has 0 aromatic rings. The van der Waals surface area contributed by atoms with Crippen LogP contribution in [-0.4, -0.2) is 11.9 Å². The molecule has 0 saturated carbocycles. The van der Waals surface area contributed by atoms with Gasteiger partial charge in [0.25, 0.3) is 0 Å². The predicted octanol–water partition coefficient (Wildman–Crippen LogP) is 7.40. The molecule has 4 heteroatoms. The Bertz CT molecular complexity index is 198. The molecule has 0 aliphatic carbocycles. The normalized spacial score (nSPS) is 9.55. The molecule has 0 aromatic heterocycles. The van der Waals surface area contributed by atoms with Crippen LogP contribution in [0.2, 0.25) is 0 Å². The first kappa shape index (κ1) is 22.1. The molecule has 0 spiro atoms. The number of rotatable bonds is 13. The van der Waals surface area contributed by atoms with E-state index in [1.54, 1.807) is 0 Å². The Morgan fingerprint density at radius 2 is 1.20 bits per heavy atom. The van der Waals surface area contributed by atoms with E-state index >= 15 is 0 Å². The number of halogens is 1. The molecular formula is C16H34BrN3. The van der Waals surface area contributed by atoms with Gasteiger partial charge in [-0.2, -0.15) is 0 Å². The van der Waals surface area contributed by atoms with Crippen LogP contribution in [0, 0.1) is 0 Å². The van der Waals surface area contributed by atoms with Crippen LogP contribution in [0.15, 0.2) is 5.11 Å². The Labute approximate surface area is 134 Å². The Kier molecular flexibility index (Phi) is 26.3. The molecule has 0 amide bonds. The minimum absolute atomic E-state index is 0.669. The van der Waals surface area contributed by atoms with Crippen LogP contribution in [0.1, 0.15) is 90.9 Å². The number of hydrogen-bond donors (Lipinski definition) is 0. The van der Waals surface area contributed by atoms with Crippen LogP contribution < -0.4 is 0 Å². The van der Waals surface area contributed by atoms with E-state index in [1.165, 1.54) is 76.0 Å². The van der Waals surface area contributed by atoms with Crippen LogP contribution >= 0.6 is 15.9 Å². The summed E-state index contributed by atoms with van der Waals surface area (Å²) in [7, 11) is 0. The van der Waals surface area contributed by atoms with E-state index in [1.807, 2.05) is 0 Å². The molecule has 120 valence electrons. The SMILES string of the molecule is CCCCCCCCBr.CCCCCCCCN=[N+]=[N-]. The van der Waals surface area contributed by atoms with Crippen LogP contribution in [0.5, 0.6) is 0 Å². The molecule has 0 aliphatic heterocycles. The number of unbranched alkanes of at least 4 members (excludes halogenated alkanes) is 10. The molecule has 20 heavy (non-hydrogen) atoms. The average Bonchev–Trinajstić information content (AvgIpc) is 2.47. The second-order valence-corrected chi connectivity index (χ2v) is 5.97. The molecule has 3 nitrogen and oxygen atoms in total. The lowest BCUT2D eigenvalue weighted by molar-refractivity contribution is 0.611. The third kappa shape index (κ3) is 26.4. The van der Waals surface area contributed by atoms with Gasteiger partial charge in [-0.1, -0.05) is 99.1 Å². The highest BCUT2D eigenvalue weighted by Crippen LogP contribution is 2.05. The Morgan fingerprint density at radius 1 is 0.750 bits per heavy atom. The van der Waals surface area contributed by atoms with Crippen molar-refractivity contribution in [1.29, 1.82) is 0 Å². The zero-order valence-electron chi connectivity index (χ0n) is 13.6. The van der Waals surface area contributed by atoms with Crippen molar-refractivity contribution in [3.63, 3.8) is 0 Å². The fourth-order valence-corrected chi connectivity index (χ4v) is 2.28. The first-order valence-corrected chi connectivity index (χ1v) is 9.52. The second kappa shape index (κ2) is 23.9. The van der Waals surface area contributed by atoms with Gasteiger partial charge >= 0.3 is 0 Å². The minimum Gasteiger partial charge on any atom is -0.0940 e. The molecule has 0 fully saturated rings. The number of nitrogens with zero attached hydrogens (tertiary/aromatic N) is 3. The lowest BCUT2D eigenvalue weighted by Gasteiger charge is -1.96. The lowest BCUT2D eigenvalue weighted by atomic mass is 10.1. The van der Waals surface area contributed by atoms with E-state index in [-0.39, 0.29) is 0 Å². The highest BCUT2D eigenvalue weighted by Gasteiger charge is 1.87. The van der Waals surface area contributed by atoms with Crippen molar-refractivity contribution in [1.82, 2.24) is 0 Å². The number of alkyl halides is 1. The molecule has 0 saturated heterocycles. The monoisotopic (exact) mass is 347 g/mol. The fourth-order valence-electron chi connectivity index (χ4n) is 1.88. The van der Waals surface area contributed by atoms with Crippen molar-refractivity contribution in [3.05, 3.63) is 10.4 Å². The van der Waals surface area contributed by atoms with E-state index in [2.05, 4.69) is 39.8 Å². The Hall–Kier alpha value is -0.210. The predicted molar refractivity (Wildman–Crippen MR) is 94.6 cm³/mol. The highest BCUT2D eigenvalue weighted by atomic mass is 79.9. The van der Waals surface area contributed by atoms with Gasteiger partial charge in [-0.3, -0.25) is 0 Å². The molecule has 0 unspecified atom stereocenters. The van der Waals surface area contributed by atoms with E-state index < -0.39 is 0 Å². The van der Waals surface area contributed by atoms with Crippen molar-refractivity contribution in [2.24, 2.45) is 5.11 Å². The summed E-state index contributed by atoms with van der Waals surface area (Å²) in [4.78, 5) is 2.69. The lowest BCUT2D eigenvalue weighted by Crippen LogP contribution is -1.81. The summed E-state index contributed by atoms with van der Waals surface area (Å²) in [5.74, 6) is 0. The average molecular weight is 348 g/mol. The molecule has 0 radical (unpaired) electrons.